The van der Waals surface area contributed by atoms with Crippen molar-refractivity contribution in [3.05, 3.63) is 24.3 Å². The Morgan fingerprint density at radius 1 is 1.25 bits per heavy atom. The highest BCUT2D eigenvalue weighted by Crippen LogP contribution is 2.19. The number of carbonyl (C=O) groups excluding carboxylic acids is 1. The van der Waals surface area contributed by atoms with E-state index in [-0.39, 0.29) is 11.7 Å². The molecule has 0 aliphatic heterocycles. The maximum Gasteiger partial charge on any atom is 0.264 e. The molecule has 1 aliphatic carbocycles. The van der Waals surface area contributed by atoms with Gasteiger partial charge < -0.3 is 15.9 Å². The van der Waals surface area contributed by atoms with Crippen LogP contribution in [0.15, 0.2) is 34.5 Å². The number of nitrogen functional groups attached to an aromatic ring is 1. The topological polar surface area (TPSA) is 119 Å². The molecule has 1 saturated carbocycles. The maximum absolute atomic E-state index is 12.1. The van der Waals surface area contributed by atoms with Crippen molar-refractivity contribution in [1.82, 2.24) is 14.9 Å². The Balaban J connectivity index is 1.48. The Morgan fingerprint density at radius 2 is 2.00 bits per heavy atom. The number of amides is 1. The van der Waals surface area contributed by atoms with Gasteiger partial charge in [0, 0.05) is 11.4 Å². The molecule has 0 unspecified atom stereocenters. The molecule has 150 valence electrons. The van der Waals surface area contributed by atoms with Crippen molar-refractivity contribution < 1.29 is 9.53 Å². The zero-order chi connectivity index (χ0) is 19.8. The standard InChI is InChI=1S/C18H25N7O2S/c1-2-27-15-10-8-13(9-11-15)20-16(26)12-28-18-24-23-17(25(18)19)22-21-14-6-4-3-5-7-14/h8-11H,2-7,12,19H2,1H3,(H,20,26)(H,22,23). The van der Waals surface area contributed by atoms with Crippen molar-refractivity contribution in [2.45, 2.75) is 44.2 Å². The summed E-state index contributed by atoms with van der Waals surface area (Å²) in [6, 6.07) is 7.22. The maximum atomic E-state index is 12.1. The number of nitrogens with zero attached hydrogens (tertiary/aromatic N) is 4. The average molecular weight is 404 g/mol. The molecule has 9 nitrogen and oxygen atoms in total. The molecule has 0 bridgehead atoms. The molecule has 3 rings (SSSR count). The fraction of sp³-hybridized carbons (Fsp3) is 0.444. The summed E-state index contributed by atoms with van der Waals surface area (Å²) < 4.78 is 6.69. The van der Waals surface area contributed by atoms with Gasteiger partial charge in [0.1, 0.15) is 5.75 Å². The van der Waals surface area contributed by atoms with Crippen molar-refractivity contribution in [3.63, 3.8) is 0 Å². The number of carbonyl (C=O) groups is 1. The Hall–Kier alpha value is -2.75. The number of ether oxygens (including phenoxy) is 1. The van der Waals surface area contributed by atoms with Gasteiger partial charge in [0.05, 0.1) is 12.4 Å². The van der Waals surface area contributed by atoms with Crippen LogP contribution in [0.1, 0.15) is 39.0 Å². The molecular weight excluding hydrogens is 378 g/mol. The lowest BCUT2D eigenvalue weighted by molar-refractivity contribution is -0.113. The van der Waals surface area contributed by atoms with Crippen LogP contribution in [0.25, 0.3) is 0 Å². The Morgan fingerprint density at radius 3 is 2.71 bits per heavy atom. The van der Waals surface area contributed by atoms with E-state index in [2.05, 4.69) is 26.0 Å². The van der Waals surface area contributed by atoms with Crippen LogP contribution in [0, 0.1) is 0 Å². The van der Waals surface area contributed by atoms with Gasteiger partial charge in [0.15, 0.2) is 0 Å². The first kappa shape index (κ1) is 20.0. The molecule has 1 aromatic carbocycles. The van der Waals surface area contributed by atoms with Crippen LogP contribution < -0.4 is 21.3 Å². The number of anilines is 2. The largest absolute Gasteiger partial charge is 0.494 e. The van der Waals surface area contributed by atoms with Gasteiger partial charge in [-0.05, 0) is 56.9 Å². The second-order valence-corrected chi connectivity index (χ2v) is 7.26. The third-order valence-corrected chi connectivity index (χ3v) is 5.13. The van der Waals surface area contributed by atoms with Crippen molar-refractivity contribution >= 4 is 35.0 Å². The van der Waals surface area contributed by atoms with E-state index in [1.165, 1.54) is 35.7 Å². The average Bonchev–Trinajstić information content (AvgIpc) is 3.07. The van der Waals surface area contributed by atoms with E-state index in [1.54, 1.807) is 12.1 Å². The third-order valence-electron chi connectivity index (χ3n) is 4.19. The first-order valence-corrected chi connectivity index (χ1v) is 10.3. The summed E-state index contributed by atoms with van der Waals surface area (Å²) in [6.07, 6.45) is 5.59. The number of hydrogen-bond donors (Lipinski definition) is 3. The molecule has 1 heterocycles. The summed E-state index contributed by atoms with van der Waals surface area (Å²) in [5, 5.41) is 15.6. The minimum Gasteiger partial charge on any atom is -0.494 e. The van der Waals surface area contributed by atoms with E-state index < -0.39 is 0 Å². The molecule has 0 atom stereocenters. The molecule has 1 aromatic heterocycles. The highest BCUT2D eigenvalue weighted by Gasteiger charge is 2.13. The zero-order valence-electron chi connectivity index (χ0n) is 15.9. The summed E-state index contributed by atoms with van der Waals surface area (Å²) in [4.78, 5) is 12.1. The van der Waals surface area contributed by atoms with E-state index in [0.717, 1.165) is 24.3 Å². The van der Waals surface area contributed by atoms with Crippen LogP contribution in [0.3, 0.4) is 0 Å². The van der Waals surface area contributed by atoms with E-state index >= 15 is 0 Å². The van der Waals surface area contributed by atoms with E-state index in [4.69, 9.17) is 10.6 Å². The van der Waals surface area contributed by atoms with Gasteiger partial charge in [-0.25, -0.2) is 10.1 Å². The fourth-order valence-electron chi connectivity index (χ4n) is 2.78. The highest BCUT2D eigenvalue weighted by atomic mass is 32.2. The van der Waals surface area contributed by atoms with E-state index in [9.17, 15) is 4.79 Å². The van der Waals surface area contributed by atoms with Crippen LogP contribution in [0.5, 0.6) is 5.75 Å². The molecule has 28 heavy (non-hydrogen) atoms. The Kier molecular flexibility index (Phi) is 7.12. The van der Waals surface area contributed by atoms with Crippen molar-refractivity contribution in [3.8, 4) is 5.75 Å². The number of hydrogen-bond acceptors (Lipinski definition) is 8. The molecule has 0 radical (unpaired) electrons. The van der Waals surface area contributed by atoms with Gasteiger partial charge in [-0.2, -0.15) is 5.10 Å². The van der Waals surface area contributed by atoms with Gasteiger partial charge in [-0.1, -0.05) is 18.2 Å². The summed E-state index contributed by atoms with van der Waals surface area (Å²) in [5.41, 5.74) is 4.70. The molecule has 10 heteroatoms. The number of rotatable bonds is 8. The number of thioether (sulfide) groups is 1. The number of nitrogens with two attached hydrogens (primary N) is 1. The lowest BCUT2D eigenvalue weighted by atomic mass is 9.99. The number of nitrogens with one attached hydrogen (secondary N) is 2. The summed E-state index contributed by atoms with van der Waals surface area (Å²) >= 11 is 1.21. The smallest absolute Gasteiger partial charge is 0.264 e. The van der Waals surface area contributed by atoms with Crippen LogP contribution >= 0.6 is 11.8 Å². The number of hydrazone groups is 1. The third kappa shape index (κ3) is 5.62. The van der Waals surface area contributed by atoms with Crippen LogP contribution in [-0.4, -0.2) is 38.9 Å². The van der Waals surface area contributed by atoms with Crippen molar-refractivity contribution in [1.29, 1.82) is 0 Å². The minimum absolute atomic E-state index is 0.158. The quantitative estimate of drug-likeness (QED) is 0.352. The Labute approximate surface area is 168 Å². The minimum atomic E-state index is -0.158. The molecule has 2 aromatic rings. The first-order chi connectivity index (χ1) is 13.7. The number of aromatic nitrogens is 3. The van der Waals surface area contributed by atoms with E-state index in [1.807, 2.05) is 19.1 Å². The second-order valence-electron chi connectivity index (χ2n) is 6.32. The van der Waals surface area contributed by atoms with Crippen LogP contribution in [0.4, 0.5) is 11.6 Å². The van der Waals surface area contributed by atoms with Crippen LogP contribution in [0.2, 0.25) is 0 Å². The van der Waals surface area contributed by atoms with Crippen molar-refractivity contribution in [2.75, 3.05) is 28.9 Å². The lowest BCUT2D eigenvalue weighted by Crippen LogP contribution is -2.17. The molecule has 0 saturated heterocycles. The SMILES string of the molecule is CCOc1ccc(NC(=O)CSc2nnc(NN=C3CCCCC3)n2N)cc1. The second kappa shape index (κ2) is 9.98. The lowest BCUT2D eigenvalue weighted by Gasteiger charge is -2.12. The number of benzene rings is 1. The van der Waals surface area contributed by atoms with Gasteiger partial charge >= 0.3 is 0 Å². The zero-order valence-corrected chi connectivity index (χ0v) is 16.7. The van der Waals surface area contributed by atoms with Crippen LogP contribution in [-0.2, 0) is 4.79 Å². The Bertz CT molecular complexity index is 812. The summed E-state index contributed by atoms with van der Waals surface area (Å²) in [6.45, 7) is 2.53. The van der Waals surface area contributed by atoms with Crippen molar-refractivity contribution in [2.24, 2.45) is 5.10 Å². The molecule has 1 aliphatic rings. The van der Waals surface area contributed by atoms with Gasteiger partial charge in [-0.15, -0.1) is 10.2 Å². The van der Waals surface area contributed by atoms with E-state index in [0.29, 0.717) is 23.4 Å². The normalized spacial score (nSPS) is 13.8. The molecular formula is C18H25N7O2S. The van der Waals surface area contributed by atoms with Gasteiger partial charge in [-0.3, -0.25) is 4.79 Å². The first-order valence-electron chi connectivity index (χ1n) is 9.33. The predicted molar refractivity (Wildman–Crippen MR) is 111 cm³/mol. The summed E-state index contributed by atoms with van der Waals surface area (Å²) in [5.74, 6) is 7.12. The molecule has 1 amide bonds. The van der Waals surface area contributed by atoms with Gasteiger partial charge in [0.25, 0.3) is 5.95 Å². The molecule has 0 spiro atoms. The molecule has 1 fully saturated rings. The molecule has 4 N–H and O–H groups in total. The monoisotopic (exact) mass is 403 g/mol. The summed E-state index contributed by atoms with van der Waals surface area (Å²) in [7, 11) is 0. The van der Waals surface area contributed by atoms with Gasteiger partial charge in [0.2, 0.25) is 11.1 Å². The predicted octanol–water partition coefficient (Wildman–Crippen LogP) is 2.85. The highest BCUT2D eigenvalue weighted by molar-refractivity contribution is 7.99. The fourth-order valence-corrected chi connectivity index (χ4v) is 3.44.